The summed E-state index contributed by atoms with van der Waals surface area (Å²) in [6, 6.07) is 2.19. The molecular weight excluding hydrogens is 206 g/mol. The number of likely N-dealkylation sites (tertiary alicyclic amines) is 1. The summed E-state index contributed by atoms with van der Waals surface area (Å²) in [5.41, 5.74) is 0.956. The topological polar surface area (TPSA) is 23.5 Å². The number of aliphatic hydroxyl groups is 1. The van der Waals surface area contributed by atoms with Crippen LogP contribution >= 0.6 is 11.3 Å². The maximum absolute atomic E-state index is 9.96. The van der Waals surface area contributed by atoms with Crippen molar-refractivity contribution in [1.82, 2.24) is 4.90 Å². The van der Waals surface area contributed by atoms with Crippen LogP contribution in [-0.4, -0.2) is 35.2 Å². The van der Waals surface area contributed by atoms with Crippen LogP contribution in [0.25, 0.3) is 0 Å². The lowest BCUT2D eigenvalue weighted by Gasteiger charge is -2.36. The molecule has 2 rings (SSSR count). The molecule has 1 N–H and O–H groups in total. The molecule has 1 aliphatic rings. The average molecular weight is 225 g/mol. The van der Waals surface area contributed by atoms with Crippen molar-refractivity contribution in [2.75, 3.05) is 19.6 Å². The number of thiophene rings is 1. The molecule has 15 heavy (non-hydrogen) atoms. The summed E-state index contributed by atoms with van der Waals surface area (Å²) in [6.07, 6.45) is 3.18. The van der Waals surface area contributed by atoms with Crippen LogP contribution < -0.4 is 0 Å². The van der Waals surface area contributed by atoms with E-state index in [4.69, 9.17) is 0 Å². The van der Waals surface area contributed by atoms with Crippen molar-refractivity contribution in [1.29, 1.82) is 0 Å². The zero-order valence-corrected chi connectivity index (χ0v) is 10.1. The fraction of sp³-hybridized carbons (Fsp3) is 0.667. The van der Waals surface area contributed by atoms with Crippen LogP contribution in [0.5, 0.6) is 0 Å². The van der Waals surface area contributed by atoms with Crippen molar-refractivity contribution < 1.29 is 5.11 Å². The summed E-state index contributed by atoms with van der Waals surface area (Å²) in [5.74, 6) is 0. The normalized spacial score (nSPS) is 28.1. The Morgan fingerprint density at radius 2 is 2.47 bits per heavy atom. The van der Waals surface area contributed by atoms with E-state index in [9.17, 15) is 5.11 Å². The lowest BCUT2D eigenvalue weighted by Crippen LogP contribution is -2.46. The largest absolute Gasteiger partial charge is 0.389 e. The number of nitrogens with zero attached hydrogens (tertiary/aromatic N) is 1. The Morgan fingerprint density at radius 3 is 3.13 bits per heavy atom. The molecule has 2 heterocycles. The van der Waals surface area contributed by atoms with Gasteiger partial charge in [-0.3, -0.25) is 0 Å². The lowest BCUT2D eigenvalue weighted by atomic mass is 9.95. The first-order valence-corrected chi connectivity index (χ1v) is 6.56. The van der Waals surface area contributed by atoms with Gasteiger partial charge < -0.3 is 10.0 Å². The van der Waals surface area contributed by atoms with Gasteiger partial charge in [0.1, 0.15) is 0 Å². The Morgan fingerprint density at radius 1 is 1.60 bits per heavy atom. The minimum Gasteiger partial charge on any atom is -0.389 e. The Kier molecular flexibility index (Phi) is 3.44. The van der Waals surface area contributed by atoms with E-state index in [0.29, 0.717) is 0 Å². The highest BCUT2D eigenvalue weighted by Gasteiger charge is 2.27. The van der Waals surface area contributed by atoms with E-state index < -0.39 is 5.60 Å². The third-order valence-electron chi connectivity index (χ3n) is 3.05. The van der Waals surface area contributed by atoms with Gasteiger partial charge in [0.05, 0.1) is 5.60 Å². The standard InChI is InChI=1S/C12H19NOS/c1-12(14)5-2-6-13(10-12)7-3-11-4-8-15-9-11/h4,8-9,14H,2-3,5-7,10H2,1H3. The van der Waals surface area contributed by atoms with Crippen molar-refractivity contribution in [3.05, 3.63) is 22.4 Å². The highest BCUT2D eigenvalue weighted by molar-refractivity contribution is 7.07. The number of piperidine rings is 1. The number of β-amino-alcohol motifs (C(OH)–C–C–N with tert-alkyl or cyclic N) is 1. The highest BCUT2D eigenvalue weighted by Crippen LogP contribution is 2.20. The van der Waals surface area contributed by atoms with Gasteiger partial charge in [-0.2, -0.15) is 11.3 Å². The smallest absolute Gasteiger partial charge is 0.0746 e. The Labute approximate surface area is 95.5 Å². The Hall–Kier alpha value is -0.380. The maximum atomic E-state index is 9.96. The monoisotopic (exact) mass is 225 g/mol. The van der Waals surface area contributed by atoms with E-state index >= 15 is 0 Å². The van der Waals surface area contributed by atoms with Crippen LogP contribution in [0, 0.1) is 0 Å². The molecule has 3 heteroatoms. The third kappa shape index (κ3) is 3.30. The van der Waals surface area contributed by atoms with Crippen molar-refractivity contribution in [2.24, 2.45) is 0 Å². The summed E-state index contributed by atoms with van der Waals surface area (Å²) >= 11 is 1.76. The van der Waals surface area contributed by atoms with E-state index in [-0.39, 0.29) is 0 Å². The molecule has 1 saturated heterocycles. The van der Waals surface area contributed by atoms with Gasteiger partial charge in [-0.1, -0.05) is 0 Å². The van der Waals surface area contributed by atoms with Gasteiger partial charge in [0.25, 0.3) is 0 Å². The Bertz CT molecular complexity index is 295. The second-order valence-corrected chi connectivity index (χ2v) is 5.54. The predicted molar refractivity (Wildman–Crippen MR) is 64.3 cm³/mol. The molecule has 2 nitrogen and oxygen atoms in total. The van der Waals surface area contributed by atoms with Crippen LogP contribution in [0.1, 0.15) is 25.3 Å². The number of hydrogen-bond donors (Lipinski definition) is 1. The fourth-order valence-electron chi connectivity index (χ4n) is 2.24. The van der Waals surface area contributed by atoms with Crippen molar-refractivity contribution in [3.63, 3.8) is 0 Å². The van der Waals surface area contributed by atoms with E-state index in [0.717, 1.165) is 38.9 Å². The van der Waals surface area contributed by atoms with Gasteiger partial charge in [-0.25, -0.2) is 0 Å². The highest BCUT2D eigenvalue weighted by atomic mass is 32.1. The molecule has 1 unspecified atom stereocenters. The van der Waals surface area contributed by atoms with E-state index in [1.54, 1.807) is 11.3 Å². The fourth-order valence-corrected chi connectivity index (χ4v) is 2.94. The lowest BCUT2D eigenvalue weighted by molar-refractivity contribution is -0.0150. The summed E-state index contributed by atoms with van der Waals surface area (Å²) in [5, 5.41) is 14.3. The van der Waals surface area contributed by atoms with Crippen molar-refractivity contribution in [2.45, 2.75) is 31.8 Å². The molecule has 0 amide bonds. The van der Waals surface area contributed by atoms with E-state index in [1.807, 2.05) is 6.92 Å². The first-order valence-electron chi connectivity index (χ1n) is 5.62. The maximum Gasteiger partial charge on any atom is 0.0746 e. The van der Waals surface area contributed by atoms with Gasteiger partial charge in [0.15, 0.2) is 0 Å². The average Bonchev–Trinajstić information content (AvgIpc) is 2.65. The van der Waals surface area contributed by atoms with E-state index in [2.05, 4.69) is 21.7 Å². The molecule has 1 atom stereocenters. The first-order chi connectivity index (χ1) is 7.16. The minimum absolute atomic E-state index is 0.465. The van der Waals surface area contributed by atoms with Crippen LogP contribution in [0.3, 0.4) is 0 Å². The van der Waals surface area contributed by atoms with Gasteiger partial charge >= 0.3 is 0 Å². The molecule has 0 aliphatic carbocycles. The molecular formula is C12H19NOS. The number of rotatable bonds is 3. The second kappa shape index (κ2) is 4.64. The van der Waals surface area contributed by atoms with Gasteiger partial charge in [0, 0.05) is 13.1 Å². The van der Waals surface area contributed by atoms with Crippen LogP contribution in [-0.2, 0) is 6.42 Å². The molecule has 84 valence electrons. The molecule has 1 aromatic rings. The molecule has 0 aromatic carbocycles. The molecule has 0 saturated carbocycles. The SMILES string of the molecule is CC1(O)CCCN(CCc2ccsc2)C1. The van der Waals surface area contributed by atoms with Crippen LogP contribution in [0.2, 0.25) is 0 Å². The molecule has 1 aliphatic heterocycles. The second-order valence-electron chi connectivity index (χ2n) is 4.76. The quantitative estimate of drug-likeness (QED) is 0.852. The van der Waals surface area contributed by atoms with Gasteiger partial charge in [-0.05, 0) is 55.1 Å². The molecule has 1 aromatic heterocycles. The molecule has 0 radical (unpaired) electrons. The van der Waals surface area contributed by atoms with Crippen LogP contribution in [0.4, 0.5) is 0 Å². The molecule has 0 spiro atoms. The Balaban J connectivity index is 1.80. The number of hydrogen-bond acceptors (Lipinski definition) is 3. The third-order valence-corrected chi connectivity index (χ3v) is 3.78. The van der Waals surface area contributed by atoms with Crippen LogP contribution in [0.15, 0.2) is 16.8 Å². The summed E-state index contributed by atoms with van der Waals surface area (Å²) in [6.45, 7) is 4.99. The van der Waals surface area contributed by atoms with Gasteiger partial charge in [-0.15, -0.1) is 0 Å². The molecule has 0 bridgehead atoms. The predicted octanol–water partition coefficient (Wildman–Crippen LogP) is 2.14. The minimum atomic E-state index is -0.465. The zero-order chi connectivity index (χ0) is 10.7. The summed E-state index contributed by atoms with van der Waals surface area (Å²) in [7, 11) is 0. The van der Waals surface area contributed by atoms with Crippen molar-refractivity contribution in [3.8, 4) is 0 Å². The van der Waals surface area contributed by atoms with E-state index in [1.165, 1.54) is 5.56 Å². The zero-order valence-electron chi connectivity index (χ0n) is 9.28. The molecule has 1 fully saturated rings. The first kappa shape index (κ1) is 11.1. The summed E-state index contributed by atoms with van der Waals surface area (Å²) in [4.78, 5) is 2.38. The van der Waals surface area contributed by atoms with Gasteiger partial charge in [0.2, 0.25) is 0 Å². The van der Waals surface area contributed by atoms with Crippen molar-refractivity contribution >= 4 is 11.3 Å². The summed E-state index contributed by atoms with van der Waals surface area (Å²) < 4.78 is 0.